The first-order valence-corrected chi connectivity index (χ1v) is 10.4. The van der Waals surface area contributed by atoms with Crippen molar-refractivity contribution >= 4 is 27.6 Å². The first-order chi connectivity index (χ1) is 13.3. The van der Waals surface area contributed by atoms with Gasteiger partial charge in [0.2, 0.25) is 10.0 Å². The third-order valence-corrected chi connectivity index (χ3v) is 6.42. The highest BCUT2D eigenvalue weighted by molar-refractivity contribution is 7.89. The minimum Gasteiger partial charge on any atom is -0.481 e. The fourth-order valence-electron chi connectivity index (χ4n) is 2.57. The van der Waals surface area contributed by atoms with E-state index in [-0.39, 0.29) is 4.90 Å². The molecule has 0 aromatic heterocycles. The summed E-state index contributed by atoms with van der Waals surface area (Å²) in [4.78, 5) is 10.9. The highest BCUT2D eigenvalue weighted by Crippen LogP contribution is 2.24. The molecule has 1 fully saturated rings. The molecule has 2 aromatic rings. The van der Waals surface area contributed by atoms with E-state index in [1.165, 1.54) is 4.31 Å². The molecular weight excluding hydrogens is 402 g/mol. The lowest BCUT2D eigenvalue weighted by Gasteiger charge is -2.29. The Morgan fingerprint density at radius 2 is 1.89 bits per heavy atom. The third kappa shape index (κ3) is 4.47. The maximum absolute atomic E-state index is 12.6. The number of carbonyl (C=O) groups is 1. The number of sulfonamides is 1. The molecule has 8 heteroatoms. The van der Waals surface area contributed by atoms with Crippen molar-refractivity contribution in [2.45, 2.75) is 18.2 Å². The monoisotopic (exact) mass is 419 g/mol. The van der Waals surface area contributed by atoms with Crippen molar-refractivity contribution in [3.8, 4) is 17.6 Å². The second-order valence-electron chi connectivity index (χ2n) is 6.31. The van der Waals surface area contributed by atoms with Gasteiger partial charge in [-0.2, -0.15) is 4.31 Å². The highest BCUT2D eigenvalue weighted by atomic mass is 35.5. The van der Waals surface area contributed by atoms with Crippen molar-refractivity contribution in [3.05, 3.63) is 58.1 Å². The van der Waals surface area contributed by atoms with Crippen LogP contribution in [0.3, 0.4) is 0 Å². The second-order valence-corrected chi connectivity index (χ2v) is 8.68. The van der Waals surface area contributed by atoms with Crippen LogP contribution < -0.4 is 4.74 Å². The van der Waals surface area contributed by atoms with Crippen LogP contribution in [0.25, 0.3) is 0 Å². The Bertz CT molecular complexity index is 1080. The number of aliphatic carboxylic acids is 1. The number of carboxylic acids is 1. The fraction of sp³-hybridized carbons (Fsp3) is 0.250. The molecule has 0 amide bonds. The first-order valence-electron chi connectivity index (χ1n) is 8.54. The molecule has 3 rings (SSSR count). The minimum atomic E-state index is -3.50. The molecule has 1 heterocycles. The average molecular weight is 420 g/mol. The van der Waals surface area contributed by atoms with Crippen LogP contribution in [0.1, 0.15) is 23.1 Å². The molecule has 0 radical (unpaired) electrons. The number of hydrogen-bond acceptors (Lipinski definition) is 4. The van der Waals surface area contributed by atoms with Crippen LogP contribution in [0.4, 0.5) is 0 Å². The summed E-state index contributed by atoms with van der Waals surface area (Å²) >= 11 is 6.01. The Hall–Kier alpha value is -2.53. The summed E-state index contributed by atoms with van der Waals surface area (Å²) in [5.41, 5.74) is 1.81. The van der Waals surface area contributed by atoms with Crippen molar-refractivity contribution in [2.75, 3.05) is 19.7 Å². The van der Waals surface area contributed by atoms with Gasteiger partial charge in [0.25, 0.3) is 0 Å². The minimum absolute atomic E-state index is 0.204. The van der Waals surface area contributed by atoms with E-state index >= 15 is 0 Å². The predicted molar refractivity (Wildman–Crippen MR) is 105 cm³/mol. The standard InChI is InChI=1S/C20H18ClNO5S/c1-14-3-7-18(28(25,26)22-9-2-10-22)12-15(14)4-5-16-11-17(21)6-8-19(16)27-13-20(23)24/h3,6-8,11-12H,2,9-10,13H2,1H3,(H,23,24). The summed E-state index contributed by atoms with van der Waals surface area (Å²) in [6.07, 6.45) is 0.867. The third-order valence-electron chi connectivity index (χ3n) is 4.29. The van der Waals surface area contributed by atoms with E-state index in [1.54, 1.807) is 36.4 Å². The summed E-state index contributed by atoms with van der Waals surface area (Å²) in [7, 11) is -3.50. The summed E-state index contributed by atoms with van der Waals surface area (Å²) in [5, 5.41) is 9.22. The molecule has 28 heavy (non-hydrogen) atoms. The van der Waals surface area contributed by atoms with Crippen LogP contribution in [-0.2, 0) is 14.8 Å². The Morgan fingerprint density at radius 3 is 2.54 bits per heavy atom. The molecule has 0 bridgehead atoms. The Morgan fingerprint density at radius 1 is 1.18 bits per heavy atom. The number of rotatable bonds is 5. The Kier molecular flexibility index (Phi) is 5.94. The molecule has 1 N–H and O–H groups in total. The molecule has 1 saturated heterocycles. The average Bonchev–Trinajstić information content (AvgIpc) is 2.58. The van der Waals surface area contributed by atoms with Crippen LogP contribution in [0.15, 0.2) is 41.3 Å². The number of nitrogens with zero attached hydrogens (tertiary/aromatic N) is 1. The maximum Gasteiger partial charge on any atom is 0.341 e. The van der Waals surface area contributed by atoms with Crippen LogP contribution in [0.2, 0.25) is 5.02 Å². The van der Waals surface area contributed by atoms with E-state index in [9.17, 15) is 13.2 Å². The van der Waals surface area contributed by atoms with Crippen LogP contribution in [0.5, 0.6) is 5.75 Å². The van der Waals surface area contributed by atoms with Gasteiger partial charge in [-0.15, -0.1) is 0 Å². The van der Waals surface area contributed by atoms with Crippen molar-refractivity contribution in [1.29, 1.82) is 0 Å². The fourth-order valence-corrected chi connectivity index (χ4v) is 4.29. The summed E-state index contributed by atoms with van der Waals surface area (Å²) < 4.78 is 31.8. The molecule has 0 spiro atoms. The highest BCUT2D eigenvalue weighted by Gasteiger charge is 2.29. The van der Waals surface area contributed by atoms with Crippen molar-refractivity contribution in [2.24, 2.45) is 0 Å². The quantitative estimate of drug-likeness (QED) is 0.753. The van der Waals surface area contributed by atoms with Gasteiger partial charge >= 0.3 is 5.97 Å². The normalized spacial score (nSPS) is 13.9. The van der Waals surface area contributed by atoms with Gasteiger partial charge in [0, 0.05) is 23.7 Å². The lowest BCUT2D eigenvalue weighted by atomic mass is 10.1. The molecule has 6 nitrogen and oxygen atoms in total. The lowest BCUT2D eigenvalue weighted by molar-refractivity contribution is -0.139. The van der Waals surface area contributed by atoms with Gasteiger partial charge in [0.05, 0.1) is 10.5 Å². The topological polar surface area (TPSA) is 83.9 Å². The SMILES string of the molecule is Cc1ccc(S(=O)(=O)N2CCC2)cc1C#Cc1cc(Cl)ccc1OCC(=O)O. The number of ether oxygens (including phenoxy) is 1. The zero-order valence-corrected chi connectivity index (χ0v) is 16.7. The number of halogens is 1. The summed E-state index contributed by atoms with van der Waals surface area (Å²) in [5.74, 6) is 5.05. The van der Waals surface area contributed by atoms with Crippen LogP contribution in [-0.4, -0.2) is 43.5 Å². The van der Waals surface area contributed by atoms with Gasteiger partial charge < -0.3 is 9.84 Å². The number of hydrogen-bond donors (Lipinski definition) is 1. The second kappa shape index (κ2) is 8.23. The number of carboxylic acid groups (broad SMARTS) is 1. The first kappa shape index (κ1) is 20.2. The van der Waals surface area contributed by atoms with E-state index in [0.717, 1.165) is 12.0 Å². The molecule has 0 unspecified atom stereocenters. The number of benzene rings is 2. The Labute approximate surface area is 168 Å². The zero-order valence-electron chi connectivity index (χ0n) is 15.1. The maximum atomic E-state index is 12.6. The van der Waals surface area contributed by atoms with E-state index < -0.39 is 22.6 Å². The molecule has 1 aliphatic heterocycles. The molecule has 146 valence electrons. The molecule has 0 aliphatic carbocycles. The smallest absolute Gasteiger partial charge is 0.341 e. The van der Waals surface area contributed by atoms with Gasteiger partial charge in [-0.05, 0) is 49.2 Å². The predicted octanol–water partition coefficient (Wildman–Crippen LogP) is 2.91. The summed E-state index contributed by atoms with van der Waals surface area (Å²) in [6, 6.07) is 9.55. The van der Waals surface area contributed by atoms with Gasteiger partial charge in [-0.25, -0.2) is 13.2 Å². The number of aryl methyl sites for hydroxylation is 1. The summed E-state index contributed by atoms with van der Waals surface area (Å²) in [6.45, 7) is 2.40. The van der Waals surface area contributed by atoms with Gasteiger partial charge in [0.1, 0.15) is 5.75 Å². The van der Waals surface area contributed by atoms with Crippen LogP contribution in [0, 0.1) is 18.8 Å². The molecule has 0 atom stereocenters. The van der Waals surface area contributed by atoms with Gasteiger partial charge in [0.15, 0.2) is 6.61 Å². The molecule has 1 aliphatic rings. The van der Waals surface area contributed by atoms with E-state index in [2.05, 4.69) is 11.8 Å². The zero-order chi connectivity index (χ0) is 20.3. The molecule has 2 aromatic carbocycles. The van der Waals surface area contributed by atoms with Crippen LogP contribution >= 0.6 is 11.6 Å². The van der Waals surface area contributed by atoms with E-state index in [0.29, 0.717) is 35.0 Å². The van der Waals surface area contributed by atoms with Crippen molar-refractivity contribution in [1.82, 2.24) is 4.31 Å². The van der Waals surface area contributed by atoms with E-state index in [4.69, 9.17) is 21.4 Å². The van der Waals surface area contributed by atoms with E-state index in [1.807, 2.05) is 6.92 Å². The van der Waals surface area contributed by atoms with Gasteiger partial charge in [-0.1, -0.05) is 29.5 Å². The molecular formula is C20H18ClNO5S. The lowest BCUT2D eigenvalue weighted by Crippen LogP contribution is -2.41. The van der Waals surface area contributed by atoms with Gasteiger partial charge in [-0.3, -0.25) is 0 Å². The largest absolute Gasteiger partial charge is 0.481 e. The van der Waals surface area contributed by atoms with Crippen molar-refractivity contribution in [3.63, 3.8) is 0 Å². The molecule has 0 saturated carbocycles. The van der Waals surface area contributed by atoms with Crippen molar-refractivity contribution < 1.29 is 23.1 Å². The Balaban J connectivity index is 1.95.